The first-order chi connectivity index (χ1) is 13.4. The molecule has 6 nitrogen and oxygen atoms in total. The summed E-state index contributed by atoms with van der Waals surface area (Å²) in [5, 5.41) is 4.23. The Labute approximate surface area is 169 Å². The van der Waals surface area contributed by atoms with Gasteiger partial charge in [0.15, 0.2) is 5.13 Å². The van der Waals surface area contributed by atoms with Gasteiger partial charge in [0.1, 0.15) is 11.2 Å². The second-order valence-corrected chi connectivity index (χ2v) is 7.91. The Balaban J connectivity index is 1.77. The number of nitrogens with one attached hydrogen (secondary N) is 1. The number of nitrogens with zero attached hydrogens (tertiary/aromatic N) is 3. The first-order valence-corrected chi connectivity index (χ1v) is 9.96. The summed E-state index contributed by atoms with van der Waals surface area (Å²) in [6.07, 6.45) is 1.56. The van der Waals surface area contributed by atoms with E-state index in [1.807, 2.05) is 26.8 Å². The van der Waals surface area contributed by atoms with Gasteiger partial charge in [-0.05, 0) is 50.6 Å². The van der Waals surface area contributed by atoms with Gasteiger partial charge in [0.25, 0.3) is 5.91 Å². The number of anilines is 1. The number of carbonyl (C=O) groups excluding carboxylic acids is 1. The summed E-state index contributed by atoms with van der Waals surface area (Å²) < 4.78 is 2.72. The molecule has 4 aromatic rings. The van der Waals surface area contributed by atoms with Gasteiger partial charge in [0.2, 0.25) is 5.43 Å². The van der Waals surface area contributed by atoms with E-state index in [9.17, 15) is 9.59 Å². The van der Waals surface area contributed by atoms with Crippen molar-refractivity contribution < 1.29 is 4.79 Å². The first kappa shape index (κ1) is 18.6. The Morgan fingerprint density at radius 2 is 2.00 bits per heavy atom. The van der Waals surface area contributed by atoms with Crippen molar-refractivity contribution in [2.45, 2.75) is 27.3 Å². The smallest absolute Gasteiger partial charge is 0.262 e. The summed E-state index contributed by atoms with van der Waals surface area (Å²) in [5.41, 5.74) is 2.72. The summed E-state index contributed by atoms with van der Waals surface area (Å²) in [5.74, 6) is -0.488. The van der Waals surface area contributed by atoms with Crippen LogP contribution in [0.5, 0.6) is 0 Å². The lowest BCUT2D eigenvalue weighted by molar-refractivity contribution is 0.102. The van der Waals surface area contributed by atoms with E-state index >= 15 is 0 Å². The van der Waals surface area contributed by atoms with Crippen molar-refractivity contribution in [3.8, 4) is 0 Å². The number of hydrogen-bond acceptors (Lipinski definition) is 5. The van der Waals surface area contributed by atoms with Gasteiger partial charge >= 0.3 is 0 Å². The topological polar surface area (TPSA) is 76.9 Å². The number of halogens is 1. The zero-order valence-corrected chi connectivity index (χ0v) is 17.1. The van der Waals surface area contributed by atoms with Crippen LogP contribution in [0.3, 0.4) is 0 Å². The van der Waals surface area contributed by atoms with Crippen LogP contribution in [0.1, 0.15) is 28.5 Å². The number of benzene rings is 1. The number of pyridine rings is 2. The Morgan fingerprint density at radius 1 is 1.21 bits per heavy atom. The molecule has 4 rings (SSSR count). The van der Waals surface area contributed by atoms with Gasteiger partial charge in [-0.25, -0.2) is 9.97 Å². The van der Waals surface area contributed by atoms with Crippen LogP contribution < -0.4 is 10.7 Å². The van der Waals surface area contributed by atoms with Gasteiger partial charge in [-0.15, -0.1) is 0 Å². The van der Waals surface area contributed by atoms with Crippen LogP contribution in [-0.4, -0.2) is 20.4 Å². The summed E-state index contributed by atoms with van der Waals surface area (Å²) in [7, 11) is 0. The number of hydrogen-bond donors (Lipinski definition) is 1. The molecule has 8 heteroatoms. The lowest BCUT2D eigenvalue weighted by Gasteiger charge is -2.11. The molecule has 0 aliphatic heterocycles. The molecule has 0 aliphatic carbocycles. The molecule has 0 fully saturated rings. The van der Waals surface area contributed by atoms with Gasteiger partial charge in [0, 0.05) is 23.5 Å². The fourth-order valence-corrected chi connectivity index (χ4v) is 4.15. The quantitative estimate of drug-likeness (QED) is 0.535. The highest BCUT2D eigenvalue weighted by Gasteiger charge is 2.18. The second-order valence-electron chi connectivity index (χ2n) is 6.47. The first-order valence-electron chi connectivity index (χ1n) is 8.77. The molecule has 0 unspecified atom stereocenters. The molecular weight excluding hydrogens is 396 g/mol. The fourth-order valence-electron chi connectivity index (χ4n) is 3.08. The third kappa shape index (κ3) is 3.06. The summed E-state index contributed by atoms with van der Waals surface area (Å²) in [6, 6.07) is 7.16. The number of aromatic nitrogens is 3. The number of carbonyl (C=O) groups is 1. The number of thiazole rings is 1. The number of aryl methyl sites for hydroxylation is 3. The monoisotopic (exact) mass is 412 g/mol. The van der Waals surface area contributed by atoms with Crippen molar-refractivity contribution in [2.24, 2.45) is 0 Å². The molecule has 0 atom stereocenters. The largest absolute Gasteiger partial charge is 0.332 e. The van der Waals surface area contributed by atoms with Gasteiger partial charge in [-0.2, -0.15) is 0 Å². The molecule has 0 bridgehead atoms. The maximum atomic E-state index is 12.9. The van der Waals surface area contributed by atoms with Gasteiger partial charge < -0.3 is 4.57 Å². The molecule has 142 valence electrons. The molecule has 3 heterocycles. The Hall–Kier alpha value is -2.77. The van der Waals surface area contributed by atoms with Crippen LogP contribution in [0.15, 0.2) is 35.3 Å². The van der Waals surface area contributed by atoms with Crippen molar-refractivity contribution in [3.63, 3.8) is 0 Å². The van der Waals surface area contributed by atoms with Crippen molar-refractivity contribution in [3.05, 3.63) is 62.5 Å². The van der Waals surface area contributed by atoms with E-state index in [1.54, 1.807) is 29.0 Å². The van der Waals surface area contributed by atoms with Crippen LogP contribution in [0, 0.1) is 13.8 Å². The zero-order valence-electron chi connectivity index (χ0n) is 15.5. The standard InChI is InChI=1S/C20H17ClN4O2S/c1-4-25-9-13(17(26)12-6-5-10(2)22-18(12)25)19(27)24-20-23-16-11(3)14(21)7-8-15(16)28-20/h5-9H,4H2,1-3H3,(H,23,24,27). The molecule has 28 heavy (non-hydrogen) atoms. The fraction of sp³-hybridized carbons (Fsp3) is 0.200. The molecule has 1 aromatic carbocycles. The summed E-state index contributed by atoms with van der Waals surface area (Å²) in [4.78, 5) is 34.6. The molecular formula is C20H17ClN4O2S. The lowest BCUT2D eigenvalue weighted by atomic mass is 10.1. The van der Waals surface area contributed by atoms with E-state index in [1.165, 1.54) is 11.3 Å². The molecule has 0 aliphatic rings. The number of amides is 1. The van der Waals surface area contributed by atoms with E-state index in [-0.39, 0.29) is 11.0 Å². The van der Waals surface area contributed by atoms with Crippen LogP contribution in [0.4, 0.5) is 5.13 Å². The van der Waals surface area contributed by atoms with Gasteiger partial charge in [-0.3, -0.25) is 14.9 Å². The molecule has 0 spiro atoms. The number of rotatable bonds is 3. The zero-order chi connectivity index (χ0) is 20.0. The number of fused-ring (bicyclic) bond motifs is 2. The van der Waals surface area contributed by atoms with E-state index in [0.717, 1.165) is 21.5 Å². The lowest BCUT2D eigenvalue weighted by Crippen LogP contribution is -2.24. The Bertz CT molecular complexity index is 1310. The molecule has 0 saturated heterocycles. The minimum Gasteiger partial charge on any atom is -0.332 e. The van der Waals surface area contributed by atoms with Crippen molar-refractivity contribution in [1.82, 2.24) is 14.5 Å². The van der Waals surface area contributed by atoms with Crippen molar-refractivity contribution in [1.29, 1.82) is 0 Å². The van der Waals surface area contributed by atoms with Crippen LogP contribution >= 0.6 is 22.9 Å². The third-order valence-corrected chi connectivity index (χ3v) is 5.96. The predicted octanol–water partition coefficient (Wildman–Crippen LogP) is 4.55. The highest BCUT2D eigenvalue weighted by atomic mass is 35.5. The van der Waals surface area contributed by atoms with E-state index in [4.69, 9.17) is 11.6 Å². The molecule has 0 radical (unpaired) electrons. The minimum absolute atomic E-state index is 0.0639. The maximum Gasteiger partial charge on any atom is 0.262 e. The summed E-state index contributed by atoms with van der Waals surface area (Å²) in [6.45, 7) is 6.28. The molecule has 0 saturated carbocycles. The third-order valence-electron chi connectivity index (χ3n) is 4.61. The normalized spacial score (nSPS) is 11.3. The average Bonchev–Trinajstić information content (AvgIpc) is 3.08. The van der Waals surface area contributed by atoms with Crippen molar-refractivity contribution in [2.75, 3.05) is 5.32 Å². The SMILES string of the molecule is CCn1cc(C(=O)Nc2nc3c(C)c(Cl)ccc3s2)c(=O)c2ccc(C)nc21. The van der Waals surface area contributed by atoms with E-state index < -0.39 is 5.91 Å². The highest BCUT2D eigenvalue weighted by molar-refractivity contribution is 7.22. The minimum atomic E-state index is -0.488. The highest BCUT2D eigenvalue weighted by Crippen LogP contribution is 2.31. The van der Waals surface area contributed by atoms with Crippen LogP contribution in [-0.2, 0) is 6.54 Å². The average molecular weight is 413 g/mol. The summed E-state index contributed by atoms with van der Waals surface area (Å²) >= 11 is 7.49. The van der Waals surface area contributed by atoms with Gasteiger partial charge in [0.05, 0.1) is 15.6 Å². The van der Waals surface area contributed by atoms with E-state index in [0.29, 0.717) is 27.7 Å². The maximum absolute atomic E-state index is 12.9. The predicted molar refractivity (Wildman–Crippen MR) is 114 cm³/mol. The Morgan fingerprint density at radius 3 is 2.75 bits per heavy atom. The van der Waals surface area contributed by atoms with Crippen LogP contribution in [0.25, 0.3) is 21.3 Å². The molecule has 1 N–H and O–H groups in total. The molecule has 3 aromatic heterocycles. The van der Waals surface area contributed by atoms with Crippen molar-refractivity contribution >= 4 is 55.2 Å². The Kier molecular flexibility index (Phi) is 4.64. The van der Waals surface area contributed by atoms with Crippen LogP contribution in [0.2, 0.25) is 5.02 Å². The van der Waals surface area contributed by atoms with Gasteiger partial charge in [-0.1, -0.05) is 22.9 Å². The molecule has 1 amide bonds. The second kappa shape index (κ2) is 7.00. The van der Waals surface area contributed by atoms with E-state index in [2.05, 4.69) is 15.3 Å².